The van der Waals surface area contributed by atoms with Crippen LogP contribution in [0.2, 0.25) is 0 Å². The summed E-state index contributed by atoms with van der Waals surface area (Å²) in [4.78, 5) is 0. The molecule has 0 heterocycles. The summed E-state index contributed by atoms with van der Waals surface area (Å²) in [6.07, 6.45) is 1.74. The molecule has 0 spiro atoms. The van der Waals surface area contributed by atoms with Crippen molar-refractivity contribution in [3.8, 4) is 11.5 Å². The molecule has 19 heavy (non-hydrogen) atoms. The molecule has 0 saturated heterocycles. The van der Waals surface area contributed by atoms with Gasteiger partial charge in [-0.3, -0.25) is 0 Å². The first-order valence-electron chi connectivity index (χ1n) is 6.36. The molecule has 1 aromatic rings. The molecule has 1 atom stereocenters. The maximum atomic E-state index is 11.8. The molecule has 2 N–H and O–H groups in total. The van der Waals surface area contributed by atoms with Gasteiger partial charge in [0.2, 0.25) is 0 Å². The van der Waals surface area contributed by atoms with Crippen LogP contribution in [0.3, 0.4) is 0 Å². The summed E-state index contributed by atoms with van der Waals surface area (Å²) in [7, 11) is 0.515. The first kappa shape index (κ1) is 16.0. The molecule has 0 fully saturated rings. The number of hydrogen-bond acceptors (Lipinski definition) is 3. The Balaban J connectivity index is 2.40. The second kappa shape index (κ2) is 6.91. The quantitative estimate of drug-likeness (QED) is 0.789. The Morgan fingerprint density at radius 2 is 2.05 bits per heavy atom. The fourth-order valence-electron chi connectivity index (χ4n) is 1.55. The molecule has 1 aromatic carbocycles. The van der Waals surface area contributed by atoms with Crippen LogP contribution in [0.4, 0.5) is 0 Å². The van der Waals surface area contributed by atoms with Gasteiger partial charge in [0.25, 0.3) is 0 Å². The minimum atomic E-state index is -1.02. The topological polar surface area (TPSA) is 58.6 Å². The average Bonchev–Trinajstić information content (AvgIpc) is 2.35. The van der Waals surface area contributed by atoms with Gasteiger partial charge < -0.3 is 9.84 Å². The van der Waals surface area contributed by atoms with Crippen molar-refractivity contribution in [2.75, 3.05) is 13.7 Å². The Morgan fingerprint density at radius 1 is 1.37 bits per heavy atom. The summed E-state index contributed by atoms with van der Waals surface area (Å²) < 4.78 is 19.6. The molecular formula is C14H23NO3S. The first-order valence-corrected chi connectivity index (χ1v) is 7.51. The van der Waals surface area contributed by atoms with Gasteiger partial charge in [0.1, 0.15) is 0 Å². The van der Waals surface area contributed by atoms with Crippen molar-refractivity contribution in [1.29, 1.82) is 0 Å². The number of phenolic OH excluding ortho intramolecular Hbond substituents is 1. The molecule has 4 nitrogen and oxygen atoms in total. The SMILES string of the molecule is COc1cc(CCCNS(=O)C(C)(C)C)ccc1O. The lowest BCUT2D eigenvalue weighted by molar-refractivity contribution is 0.373. The zero-order valence-corrected chi connectivity index (χ0v) is 12.8. The minimum absolute atomic E-state index is 0.151. The lowest BCUT2D eigenvalue weighted by Gasteiger charge is -2.18. The Kier molecular flexibility index (Phi) is 5.82. The standard InChI is InChI=1S/C14H23NO3S/c1-14(2,3)19(17)15-9-5-6-11-7-8-12(16)13(10-11)18-4/h7-8,10,15-16H,5-6,9H2,1-4H3. The summed E-state index contributed by atoms with van der Waals surface area (Å²) >= 11 is 0. The number of benzene rings is 1. The fourth-order valence-corrected chi connectivity index (χ4v) is 2.31. The van der Waals surface area contributed by atoms with Crippen LogP contribution in [-0.2, 0) is 17.4 Å². The van der Waals surface area contributed by atoms with Crippen molar-refractivity contribution >= 4 is 11.0 Å². The fraction of sp³-hybridized carbons (Fsp3) is 0.571. The van der Waals surface area contributed by atoms with Crippen LogP contribution in [0.25, 0.3) is 0 Å². The van der Waals surface area contributed by atoms with E-state index in [0.29, 0.717) is 12.3 Å². The number of methoxy groups -OCH3 is 1. The maximum absolute atomic E-state index is 11.8. The van der Waals surface area contributed by atoms with Crippen molar-refractivity contribution in [3.63, 3.8) is 0 Å². The largest absolute Gasteiger partial charge is 0.504 e. The third-order valence-electron chi connectivity index (χ3n) is 2.68. The van der Waals surface area contributed by atoms with Crippen molar-refractivity contribution in [3.05, 3.63) is 23.8 Å². The first-order chi connectivity index (χ1) is 8.84. The van der Waals surface area contributed by atoms with Crippen molar-refractivity contribution in [2.24, 2.45) is 0 Å². The zero-order valence-electron chi connectivity index (χ0n) is 12.0. The molecule has 108 valence electrons. The maximum Gasteiger partial charge on any atom is 0.160 e. The summed E-state index contributed by atoms with van der Waals surface area (Å²) in [5.41, 5.74) is 1.10. The molecule has 0 bridgehead atoms. The molecule has 0 aliphatic heterocycles. The Labute approximate surface area is 117 Å². The van der Waals surface area contributed by atoms with E-state index < -0.39 is 11.0 Å². The van der Waals surface area contributed by atoms with E-state index in [4.69, 9.17) is 4.74 Å². The minimum Gasteiger partial charge on any atom is -0.504 e. The molecule has 0 aliphatic carbocycles. The van der Waals surface area contributed by atoms with Gasteiger partial charge in [-0.2, -0.15) is 0 Å². The average molecular weight is 285 g/mol. The molecule has 0 amide bonds. The highest BCUT2D eigenvalue weighted by atomic mass is 32.2. The van der Waals surface area contributed by atoms with Crippen LogP contribution in [0.1, 0.15) is 32.8 Å². The van der Waals surface area contributed by atoms with Crippen molar-refractivity contribution in [2.45, 2.75) is 38.4 Å². The number of aryl methyl sites for hydroxylation is 1. The van der Waals surface area contributed by atoms with Crippen LogP contribution in [-0.4, -0.2) is 27.7 Å². The van der Waals surface area contributed by atoms with Gasteiger partial charge in [-0.05, 0) is 51.3 Å². The molecule has 0 aromatic heterocycles. The molecule has 1 rings (SSSR count). The molecule has 0 aliphatic rings. The van der Waals surface area contributed by atoms with E-state index in [1.54, 1.807) is 6.07 Å². The van der Waals surface area contributed by atoms with Gasteiger partial charge in [-0.1, -0.05) is 6.07 Å². The predicted molar refractivity (Wildman–Crippen MR) is 78.9 cm³/mol. The van der Waals surface area contributed by atoms with Gasteiger partial charge in [0, 0.05) is 6.54 Å². The highest BCUT2D eigenvalue weighted by Gasteiger charge is 2.18. The Hall–Kier alpha value is -1.07. The molecular weight excluding hydrogens is 262 g/mol. The Bertz CT molecular complexity index is 441. The monoisotopic (exact) mass is 285 g/mol. The summed E-state index contributed by atoms with van der Waals surface area (Å²) in [5.74, 6) is 0.641. The summed E-state index contributed by atoms with van der Waals surface area (Å²) in [6, 6.07) is 5.34. The van der Waals surface area contributed by atoms with E-state index in [1.165, 1.54) is 7.11 Å². The number of phenols is 1. The van der Waals surface area contributed by atoms with E-state index in [1.807, 2.05) is 32.9 Å². The Morgan fingerprint density at radius 3 is 2.63 bits per heavy atom. The third kappa shape index (κ3) is 5.20. The second-order valence-corrected chi connectivity index (χ2v) is 7.44. The van der Waals surface area contributed by atoms with E-state index >= 15 is 0 Å². The van der Waals surface area contributed by atoms with E-state index in [-0.39, 0.29) is 10.5 Å². The van der Waals surface area contributed by atoms with Gasteiger partial charge in [0.05, 0.1) is 22.8 Å². The highest BCUT2D eigenvalue weighted by molar-refractivity contribution is 7.84. The second-order valence-electron chi connectivity index (χ2n) is 5.39. The lowest BCUT2D eigenvalue weighted by atomic mass is 10.1. The van der Waals surface area contributed by atoms with Gasteiger partial charge in [0.15, 0.2) is 11.5 Å². The van der Waals surface area contributed by atoms with Crippen LogP contribution in [0, 0.1) is 0 Å². The van der Waals surface area contributed by atoms with Crippen molar-refractivity contribution < 1.29 is 14.1 Å². The van der Waals surface area contributed by atoms with E-state index in [9.17, 15) is 9.32 Å². The van der Waals surface area contributed by atoms with Crippen molar-refractivity contribution in [1.82, 2.24) is 4.72 Å². The zero-order chi connectivity index (χ0) is 14.5. The van der Waals surface area contributed by atoms with Crippen LogP contribution < -0.4 is 9.46 Å². The van der Waals surface area contributed by atoms with E-state index in [0.717, 1.165) is 18.4 Å². The summed E-state index contributed by atoms with van der Waals surface area (Å²) in [5, 5.41) is 9.49. The van der Waals surface area contributed by atoms with Gasteiger partial charge in [-0.15, -0.1) is 0 Å². The van der Waals surface area contributed by atoms with E-state index in [2.05, 4.69) is 4.72 Å². The molecule has 5 heteroatoms. The van der Waals surface area contributed by atoms with Crippen LogP contribution >= 0.6 is 0 Å². The number of aromatic hydroxyl groups is 1. The third-order valence-corrected chi connectivity index (χ3v) is 4.25. The van der Waals surface area contributed by atoms with Gasteiger partial charge >= 0.3 is 0 Å². The molecule has 0 saturated carbocycles. The number of rotatable bonds is 6. The summed E-state index contributed by atoms with van der Waals surface area (Å²) in [6.45, 7) is 6.54. The normalized spacial score (nSPS) is 13.3. The number of ether oxygens (including phenoxy) is 1. The van der Waals surface area contributed by atoms with Gasteiger partial charge in [-0.25, -0.2) is 8.93 Å². The smallest absolute Gasteiger partial charge is 0.160 e. The highest BCUT2D eigenvalue weighted by Crippen LogP contribution is 2.26. The number of nitrogens with one attached hydrogen (secondary N) is 1. The van der Waals surface area contributed by atoms with Crippen LogP contribution in [0.5, 0.6) is 11.5 Å². The molecule has 1 unspecified atom stereocenters. The van der Waals surface area contributed by atoms with Crippen LogP contribution in [0.15, 0.2) is 18.2 Å². The number of hydrogen-bond donors (Lipinski definition) is 2. The predicted octanol–water partition coefficient (Wildman–Crippen LogP) is 2.39. The molecule has 0 radical (unpaired) electrons. The lowest BCUT2D eigenvalue weighted by Crippen LogP contribution is -2.33.